The fraction of sp³-hybridized carbons (Fsp3) is 0.163. The molecule has 0 saturated carbocycles. The maximum Gasteiger partial charge on any atom is 0.148 e. The second kappa shape index (κ2) is 13.9. The molecule has 0 aliphatic rings. The van der Waals surface area contributed by atoms with E-state index in [1.165, 1.54) is 5.56 Å². The normalized spacial score (nSPS) is 11.1. The molecule has 0 aliphatic heterocycles. The lowest BCUT2D eigenvalue weighted by atomic mass is 9.89. The van der Waals surface area contributed by atoms with Crippen molar-refractivity contribution in [1.29, 1.82) is 0 Å². The predicted octanol–water partition coefficient (Wildman–Crippen LogP) is 8.59. The van der Waals surface area contributed by atoms with Crippen molar-refractivity contribution in [3.05, 3.63) is 96.2 Å². The summed E-state index contributed by atoms with van der Waals surface area (Å²) in [5, 5.41) is 3.24. The standard InChI is InChI=1S/C43H34N2O2/c1-6-25-44-36(22-17-29-46-27-8-3)34(10-5)40-38(31-18-13-11-14-19-31)43-41(39(42(40)44)32-20-15-12-16-21-32)35-30-33(47-28-9-4)23-24-37(35)45(43)26-7-2/h1-4,11-24,30H,10,25-29H2,5H3/b22-17-. The Bertz CT molecular complexity index is 2290. The number of aromatic nitrogens is 2. The van der Waals surface area contributed by atoms with Gasteiger partial charge in [-0.25, -0.2) is 0 Å². The van der Waals surface area contributed by atoms with Crippen molar-refractivity contribution in [1.82, 2.24) is 9.13 Å². The zero-order valence-electron chi connectivity index (χ0n) is 26.4. The highest BCUT2D eigenvalue weighted by atomic mass is 16.5. The maximum absolute atomic E-state index is 6.12. The summed E-state index contributed by atoms with van der Waals surface area (Å²) in [6.45, 7) is 3.76. The lowest BCUT2D eigenvalue weighted by Crippen LogP contribution is -2.02. The summed E-state index contributed by atoms with van der Waals surface area (Å²) in [4.78, 5) is 0. The number of ether oxygens (including phenoxy) is 2. The monoisotopic (exact) mass is 610 g/mol. The molecule has 0 radical (unpaired) electrons. The van der Waals surface area contributed by atoms with Crippen LogP contribution in [0.3, 0.4) is 0 Å². The van der Waals surface area contributed by atoms with Crippen molar-refractivity contribution >= 4 is 38.8 Å². The Morgan fingerprint density at radius 2 is 1.32 bits per heavy atom. The van der Waals surface area contributed by atoms with Crippen LogP contribution in [-0.2, 0) is 24.2 Å². The number of hydrogen-bond donors (Lipinski definition) is 0. The van der Waals surface area contributed by atoms with E-state index in [1.54, 1.807) is 0 Å². The number of rotatable bonds is 11. The molecule has 0 amide bonds. The minimum absolute atomic E-state index is 0.172. The number of nitrogens with zero attached hydrogens (tertiary/aromatic N) is 2. The summed E-state index contributed by atoms with van der Waals surface area (Å²) in [6.07, 6.45) is 28.1. The summed E-state index contributed by atoms with van der Waals surface area (Å²) in [6, 6.07) is 27.1. The average molecular weight is 611 g/mol. The van der Waals surface area contributed by atoms with Gasteiger partial charge in [0.15, 0.2) is 0 Å². The Labute approximate surface area is 276 Å². The van der Waals surface area contributed by atoms with Crippen LogP contribution in [0.4, 0.5) is 0 Å². The smallest absolute Gasteiger partial charge is 0.148 e. The molecule has 0 aliphatic carbocycles. The van der Waals surface area contributed by atoms with Crippen LogP contribution in [0.5, 0.6) is 5.75 Å². The number of terminal acetylenes is 4. The molecule has 4 heteroatoms. The molecule has 6 rings (SSSR count). The molecule has 0 spiro atoms. The summed E-state index contributed by atoms with van der Waals surface area (Å²) >= 11 is 0. The predicted molar refractivity (Wildman–Crippen MR) is 196 cm³/mol. The summed E-state index contributed by atoms with van der Waals surface area (Å²) in [7, 11) is 0. The summed E-state index contributed by atoms with van der Waals surface area (Å²) in [5.41, 5.74) is 9.73. The first-order valence-electron chi connectivity index (χ1n) is 15.6. The number of fused-ring (bicyclic) bond motifs is 4. The Hall–Kier alpha value is -6.04. The Balaban J connectivity index is 1.91. The maximum atomic E-state index is 6.12. The van der Waals surface area contributed by atoms with Crippen LogP contribution < -0.4 is 4.74 Å². The number of benzene rings is 4. The molecule has 0 bridgehead atoms. The molecular formula is C43H34N2O2. The molecule has 2 aromatic heterocycles. The Morgan fingerprint density at radius 1 is 0.702 bits per heavy atom. The van der Waals surface area contributed by atoms with Gasteiger partial charge in [-0.15, -0.1) is 25.7 Å². The van der Waals surface area contributed by atoms with Gasteiger partial charge in [0.25, 0.3) is 0 Å². The van der Waals surface area contributed by atoms with Gasteiger partial charge in [0, 0.05) is 33.0 Å². The number of hydrogen-bond acceptors (Lipinski definition) is 2. The highest BCUT2D eigenvalue weighted by Crippen LogP contribution is 2.50. The fourth-order valence-corrected chi connectivity index (χ4v) is 6.69. The van der Waals surface area contributed by atoms with Crippen LogP contribution in [0.15, 0.2) is 84.9 Å². The van der Waals surface area contributed by atoms with Gasteiger partial charge in [-0.05, 0) is 47.4 Å². The first-order valence-corrected chi connectivity index (χ1v) is 15.6. The van der Waals surface area contributed by atoms with E-state index >= 15 is 0 Å². The van der Waals surface area contributed by atoms with Crippen molar-refractivity contribution in [3.8, 4) is 77.4 Å². The molecular weight excluding hydrogens is 576 g/mol. The molecule has 0 saturated heterocycles. The number of aryl methyl sites for hydroxylation is 1. The van der Waals surface area contributed by atoms with Crippen molar-refractivity contribution < 1.29 is 9.47 Å². The average Bonchev–Trinajstić information content (AvgIpc) is 3.58. The second-order valence-corrected chi connectivity index (χ2v) is 11.0. The van der Waals surface area contributed by atoms with E-state index in [-0.39, 0.29) is 13.2 Å². The van der Waals surface area contributed by atoms with Crippen LogP contribution in [0.25, 0.3) is 61.0 Å². The van der Waals surface area contributed by atoms with Gasteiger partial charge in [-0.2, -0.15) is 0 Å². The van der Waals surface area contributed by atoms with Gasteiger partial charge in [0.2, 0.25) is 0 Å². The van der Waals surface area contributed by atoms with E-state index in [2.05, 4.69) is 106 Å². The lowest BCUT2D eigenvalue weighted by molar-refractivity contribution is 0.200. The van der Waals surface area contributed by atoms with Crippen LogP contribution >= 0.6 is 0 Å². The van der Waals surface area contributed by atoms with Crippen LogP contribution in [-0.4, -0.2) is 29.0 Å². The van der Waals surface area contributed by atoms with E-state index in [0.717, 1.165) is 67.1 Å². The van der Waals surface area contributed by atoms with E-state index in [9.17, 15) is 0 Å². The largest absolute Gasteiger partial charge is 0.481 e. The van der Waals surface area contributed by atoms with Crippen molar-refractivity contribution in [2.45, 2.75) is 26.4 Å². The van der Waals surface area contributed by atoms with Crippen LogP contribution in [0.2, 0.25) is 0 Å². The van der Waals surface area contributed by atoms with E-state index in [0.29, 0.717) is 25.4 Å². The molecule has 0 N–H and O–H groups in total. The van der Waals surface area contributed by atoms with Gasteiger partial charge >= 0.3 is 0 Å². The van der Waals surface area contributed by atoms with Gasteiger partial charge in [0.1, 0.15) is 19.0 Å². The Kier molecular flexibility index (Phi) is 9.18. The van der Waals surface area contributed by atoms with Crippen molar-refractivity contribution in [2.24, 2.45) is 0 Å². The third-order valence-corrected chi connectivity index (χ3v) is 8.39. The molecule has 0 fully saturated rings. The van der Waals surface area contributed by atoms with Crippen molar-refractivity contribution in [2.75, 3.05) is 19.8 Å². The quantitative estimate of drug-likeness (QED) is 0.109. The van der Waals surface area contributed by atoms with Gasteiger partial charge in [-0.1, -0.05) is 97.3 Å². The lowest BCUT2D eigenvalue weighted by Gasteiger charge is -2.17. The third kappa shape index (κ3) is 5.54. The van der Waals surface area contributed by atoms with Crippen LogP contribution in [0, 0.1) is 49.4 Å². The van der Waals surface area contributed by atoms with Crippen molar-refractivity contribution in [3.63, 3.8) is 0 Å². The van der Waals surface area contributed by atoms with Gasteiger partial charge < -0.3 is 18.6 Å². The van der Waals surface area contributed by atoms with E-state index < -0.39 is 0 Å². The SMILES string of the molecule is C#CCOC/C=C\c1c(CC)c2c(-c3ccccc3)c3c(c(-c4ccccc4)c2n1CC#C)c1cc(OCC#C)ccc1n3CC#C. The first-order chi connectivity index (χ1) is 23.2. The molecule has 228 valence electrons. The highest BCUT2D eigenvalue weighted by molar-refractivity contribution is 6.28. The molecule has 47 heavy (non-hydrogen) atoms. The minimum atomic E-state index is 0.172. The molecule has 4 nitrogen and oxygen atoms in total. The van der Waals surface area contributed by atoms with Gasteiger partial charge in [0.05, 0.1) is 36.2 Å². The van der Waals surface area contributed by atoms with Crippen LogP contribution in [0.1, 0.15) is 18.2 Å². The first kappa shape index (κ1) is 31.0. The van der Waals surface area contributed by atoms with E-state index in [4.69, 9.17) is 35.2 Å². The highest BCUT2D eigenvalue weighted by Gasteiger charge is 2.29. The fourth-order valence-electron chi connectivity index (χ4n) is 6.69. The zero-order valence-corrected chi connectivity index (χ0v) is 26.4. The molecule has 0 atom stereocenters. The molecule has 6 aromatic rings. The minimum Gasteiger partial charge on any atom is -0.481 e. The third-order valence-electron chi connectivity index (χ3n) is 8.39. The Morgan fingerprint density at radius 3 is 1.94 bits per heavy atom. The van der Waals surface area contributed by atoms with E-state index in [1.807, 2.05) is 24.3 Å². The molecule has 4 aromatic carbocycles. The van der Waals surface area contributed by atoms with Gasteiger partial charge in [-0.3, -0.25) is 0 Å². The second-order valence-electron chi connectivity index (χ2n) is 11.0. The topological polar surface area (TPSA) is 28.3 Å². The molecule has 2 heterocycles. The summed E-state index contributed by atoms with van der Waals surface area (Å²) < 4.78 is 16.1. The zero-order chi connectivity index (χ0) is 32.8. The summed E-state index contributed by atoms with van der Waals surface area (Å²) in [5.74, 6) is 11.7. The molecule has 0 unspecified atom stereocenters.